The van der Waals surface area contributed by atoms with Crippen LogP contribution >= 0.6 is 11.3 Å². The number of anilines is 1. The van der Waals surface area contributed by atoms with E-state index in [2.05, 4.69) is 28.9 Å². The van der Waals surface area contributed by atoms with Crippen LogP contribution in [0.15, 0.2) is 24.3 Å². The minimum Gasteiger partial charge on any atom is -0.339 e. The summed E-state index contributed by atoms with van der Waals surface area (Å²) in [5, 5.41) is 21.4. The molecule has 1 aromatic heterocycles. The standard InChI is InChI=1S/C15H18N4O2S/c1-10(2)14-16-17-15(22-14)18(12-6-7-12)9-11-4-3-5-13(8-11)19(20)21/h3-5,8,10,12H,6-7,9H2,1-2H3. The second kappa shape index (κ2) is 6.00. The van der Waals surface area contributed by atoms with Crippen LogP contribution < -0.4 is 4.90 Å². The number of aromatic nitrogens is 2. The quantitative estimate of drug-likeness (QED) is 0.599. The molecule has 2 aromatic rings. The summed E-state index contributed by atoms with van der Waals surface area (Å²) in [6.07, 6.45) is 2.29. The van der Waals surface area contributed by atoms with Gasteiger partial charge in [0.2, 0.25) is 5.13 Å². The number of non-ortho nitro benzene ring substituents is 1. The first-order valence-electron chi connectivity index (χ1n) is 7.38. The van der Waals surface area contributed by atoms with Gasteiger partial charge in [0.1, 0.15) is 5.01 Å². The van der Waals surface area contributed by atoms with Gasteiger partial charge < -0.3 is 4.90 Å². The summed E-state index contributed by atoms with van der Waals surface area (Å²) in [6, 6.07) is 7.30. The van der Waals surface area contributed by atoms with Crippen molar-refractivity contribution in [3.63, 3.8) is 0 Å². The van der Waals surface area contributed by atoms with Gasteiger partial charge in [0.05, 0.1) is 4.92 Å². The Morgan fingerprint density at radius 1 is 1.41 bits per heavy atom. The highest BCUT2D eigenvalue weighted by atomic mass is 32.1. The van der Waals surface area contributed by atoms with Crippen LogP contribution in [0.4, 0.5) is 10.8 Å². The Labute approximate surface area is 132 Å². The van der Waals surface area contributed by atoms with Gasteiger partial charge >= 0.3 is 0 Å². The normalized spacial score (nSPS) is 14.3. The number of nitrogens with zero attached hydrogens (tertiary/aromatic N) is 4. The molecule has 1 aromatic carbocycles. The van der Waals surface area contributed by atoms with Crippen molar-refractivity contribution in [3.05, 3.63) is 45.0 Å². The maximum absolute atomic E-state index is 10.9. The molecule has 0 N–H and O–H groups in total. The third kappa shape index (κ3) is 3.24. The fourth-order valence-corrected chi connectivity index (χ4v) is 3.20. The van der Waals surface area contributed by atoms with Crippen molar-refractivity contribution in [3.8, 4) is 0 Å². The van der Waals surface area contributed by atoms with Gasteiger partial charge in [-0.1, -0.05) is 37.3 Å². The number of hydrogen-bond donors (Lipinski definition) is 0. The van der Waals surface area contributed by atoms with E-state index in [-0.39, 0.29) is 10.6 Å². The largest absolute Gasteiger partial charge is 0.339 e. The second-order valence-corrected chi connectivity index (χ2v) is 6.85. The van der Waals surface area contributed by atoms with Crippen molar-refractivity contribution in [2.24, 2.45) is 0 Å². The number of nitro groups is 1. The maximum Gasteiger partial charge on any atom is 0.269 e. The van der Waals surface area contributed by atoms with Crippen LogP contribution in [0.5, 0.6) is 0 Å². The van der Waals surface area contributed by atoms with Crippen molar-refractivity contribution in [2.75, 3.05) is 4.90 Å². The Balaban J connectivity index is 1.82. The summed E-state index contributed by atoms with van der Waals surface area (Å²) in [6.45, 7) is 4.84. The zero-order chi connectivity index (χ0) is 15.7. The highest BCUT2D eigenvalue weighted by molar-refractivity contribution is 7.15. The van der Waals surface area contributed by atoms with Crippen molar-refractivity contribution in [2.45, 2.75) is 45.2 Å². The Bertz CT molecular complexity index is 682. The molecular weight excluding hydrogens is 300 g/mol. The highest BCUT2D eigenvalue weighted by Crippen LogP contribution is 2.36. The first kappa shape index (κ1) is 14.9. The van der Waals surface area contributed by atoms with E-state index in [1.54, 1.807) is 23.5 Å². The summed E-state index contributed by atoms with van der Waals surface area (Å²) in [5.41, 5.74) is 1.07. The molecular formula is C15H18N4O2S. The van der Waals surface area contributed by atoms with Crippen LogP contribution in [-0.2, 0) is 6.54 Å². The van der Waals surface area contributed by atoms with Gasteiger partial charge in [0, 0.05) is 30.6 Å². The molecule has 0 saturated heterocycles. The zero-order valence-corrected chi connectivity index (χ0v) is 13.4. The third-order valence-corrected chi connectivity index (χ3v) is 4.89. The van der Waals surface area contributed by atoms with Gasteiger partial charge in [-0.25, -0.2) is 0 Å². The topological polar surface area (TPSA) is 72.2 Å². The number of benzene rings is 1. The number of nitro benzene ring substituents is 1. The fourth-order valence-electron chi connectivity index (χ4n) is 2.28. The average Bonchev–Trinajstić information content (AvgIpc) is 3.21. The second-order valence-electron chi connectivity index (χ2n) is 5.86. The monoisotopic (exact) mass is 318 g/mol. The Kier molecular flexibility index (Phi) is 4.06. The lowest BCUT2D eigenvalue weighted by atomic mass is 10.2. The molecule has 1 fully saturated rings. The first-order valence-corrected chi connectivity index (χ1v) is 8.19. The van der Waals surface area contributed by atoms with E-state index in [0.29, 0.717) is 18.5 Å². The van der Waals surface area contributed by atoms with Gasteiger partial charge in [-0.15, -0.1) is 10.2 Å². The van der Waals surface area contributed by atoms with E-state index in [1.807, 2.05) is 6.07 Å². The van der Waals surface area contributed by atoms with E-state index in [1.165, 1.54) is 6.07 Å². The van der Waals surface area contributed by atoms with Gasteiger partial charge in [0.25, 0.3) is 5.69 Å². The molecule has 1 aliphatic carbocycles. The molecule has 0 amide bonds. The minimum atomic E-state index is -0.354. The average molecular weight is 318 g/mol. The summed E-state index contributed by atoms with van der Waals surface area (Å²) in [4.78, 5) is 12.8. The molecule has 0 unspecified atom stereocenters. The van der Waals surface area contributed by atoms with Crippen molar-refractivity contribution in [1.29, 1.82) is 0 Å². The number of hydrogen-bond acceptors (Lipinski definition) is 6. The lowest BCUT2D eigenvalue weighted by Gasteiger charge is -2.20. The number of rotatable bonds is 6. The van der Waals surface area contributed by atoms with E-state index in [0.717, 1.165) is 28.5 Å². The molecule has 0 spiro atoms. The Morgan fingerprint density at radius 3 is 2.77 bits per heavy atom. The van der Waals surface area contributed by atoms with E-state index < -0.39 is 0 Å². The summed E-state index contributed by atoms with van der Waals surface area (Å²) >= 11 is 1.62. The molecule has 6 nitrogen and oxygen atoms in total. The zero-order valence-electron chi connectivity index (χ0n) is 12.6. The lowest BCUT2D eigenvalue weighted by molar-refractivity contribution is -0.384. The van der Waals surface area contributed by atoms with Crippen molar-refractivity contribution in [1.82, 2.24) is 10.2 Å². The molecule has 22 heavy (non-hydrogen) atoms. The van der Waals surface area contributed by atoms with Crippen LogP contribution in [0.3, 0.4) is 0 Å². The van der Waals surface area contributed by atoms with Gasteiger partial charge in [-0.05, 0) is 18.4 Å². The molecule has 3 rings (SSSR count). The molecule has 1 saturated carbocycles. The Hall–Kier alpha value is -2.02. The Morgan fingerprint density at radius 2 is 2.18 bits per heavy atom. The van der Waals surface area contributed by atoms with E-state index in [9.17, 15) is 10.1 Å². The predicted molar refractivity (Wildman–Crippen MR) is 86.3 cm³/mol. The van der Waals surface area contributed by atoms with Crippen LogP contribution in [0.25, 0.3) is 0 Å². The summed E-state index contributed by atoms with van der Waals surface area (Å²) in [7, 11) is 0. The first-order chi connectivity index (χ1) is 10.5. The summed E-state index contributed by atoms with van der Waals surface area (Å²) in [5.74, 6) is 0.366. The highest BCUT2D eigenvalue weighted by Gasteiger charge is 2.31. The van der Waals surface area contributed by atoms with Crippen molar-refractivity contribution >= 4 is 22.2 Å². The van der Waals surface area contributed by atoms with Crippen LogP contribution in [0.1, 0.15) is 43.2 Å². The SMILES string of the molecule is CC(C)c1nnc(N(Cc2cccc([N+](=O)[O-])c2)C2CC2)s1. The smallest absolute Gasteiger partial charge is 0.269 e. The van der Waals surface area contributed by atoms with Gasteiger partial charge in [-0.3, -0.25) is 10.1 Å². The van der Waals surface area contributed by atoms with Gasteiger partial charge in [-0.2, -0.15) is 0 Å². The molecule has 1 heterocycles. The van der Waals surface area contributed by atoms with Gasteiger partial charge in [0.15, 0.2) is 0 Å². The lowest BCUT2D eigenvalue weighted by Crippen LogP contribution is -2.24. The van der Waals surface area contributed by atoms with Crippen molar-refractivity contribution < 1.29 is 4.92 Å². The van der Waals surface area contributed by atoms with Crippen LogP contribution in [0, 0.1) is 10.1 Å². The fraction of sp³-hybridized carbons (Fsp3) is 0.467. The molecule has 7 heteroatoms. The molecule has 0 bridgehead atoms. The third-order valence-electron chi connectivity index (χ3n) is 3.63. The molecule has 116 valence electrons. The molecule has 0 radical (unpaired) electrons. The molecule has 0 atom stereocenters. The molecule has 0 aliphatic heterocycles. The van der Waals surface area contributed by atoms with Crippen LogP contribution in [0.2, 0.25) is 0 Å². The predicted octanol–water partition coefficient (Wildman–Crippen LogP) is 3.74. The van der Waals surface area contributed by atoms with E-state index >= 15 is 0 Å². The maximum atomic E-state index is 10.9. The minimum absolute atomic E-state index is 0.133. The molecule has 1 aliphatic rings. The van der Waals surface area contributed by atoms with E-state index in [4.69, 9.17) is 0 Å². The van der Waals surface area contributed by atoms with Crippen LogP contribution in [-0.4, -0.2) is 21.2 Å². The summed E-state index contributed by atoms with van der Waals surface area (Å²) < 4.78 is 0.